The van der Waals surface area contributed by atoms with E-state index >= 15 is 0 Å². The highest BCUT2D eigenvalue weighted by Gasteiger charge is 2.17. The van der Waals surface area contributed by atoms with Crippen LogP contribution in [0.25, 0.3) is 0 Å². The lowest BCUT2D eigenvalue weighted by atomic mass is 10.3. The molecule has 0 aliphatic rings. The lowest BCUT2D eigenvalue weighted by Crippen LogP contribution is -2.29. The SMILES string of the molecule is CCC(Cn1ccc(N)nc1=O)OCP(=O)(O)O. The van der Waals surface area contributed by atoms with Gasteiger partial charge in [0.15, 0.2) is 0 Å². The van der Waals surface area contributed by atoms with Gasteiger partial charge in [0.05, 0.1) is 12.6 Å². The summed E-state index contributed by atoms with van der Waals surface area (Å²) in [5.41, 5.74) is 4.83. The van der Waals surface area contributed by atoms with Crippen LogP contribution in [0.4, 0.5) is 5.82 Å². The monoisotopic (exact) mass is 277 g/mol. The molecule has 1 aromatic rings. The Balaban J connectivity index is 2.68. The van der Waals surface area contributed by atoms with Crippen LogP contribution in [0, 0.1) is 0 Å². The van der Waals surface area contributed by atoms with Crippen LogP contribution in [0.1, 0.15) is 13.3 Å². The van der Waals surface area contributed by atoms with Gasteiger partial charge >= 0.3 is 13.3 Å². The maximum absolute atomic E-state index is 11.5. The minimum atomic E-state index is -4.20. The first kappa shape index (κ1) is 14.8. The molecule has 0 saturated heterocycles. The molecular formula is C9H16N3O5P. The molecule has 18 heavy (non-hydrogen) atoms. The van der Waals surface area contributed by atoms with E-state index in [4.69, 9.17) is 20.3 Å². The molecule has 102 valence electrons. The van der Waals surface area contributed by atoms with Gasteiger partial charge in [0.1, 0.15) is 12.2 Å². The van der Waals surface area contributed by atoms with Gasteiger partial charge in [-0.2, -0.15) is 4.98 Å². The van der Waals surface area contributed by atoms with Crippen LogP contribution < -0.4 is 11.4 Å². The molecule has 1 heterocycles. The Labute approximate surface area is 104 Å². The van der Waals surface area contributed by atoms with Crippen molar-refractivity contribution < 1.29 is 19.1 Å². The summed E-state index contributed by atoms with van der Waals surface area (Å²) in [6.07, 6.45) is 0.842. The molecule has 8 nitrogen and oxygen atoms in total. The molecule has 4 N–H and O–H groups in total. The molecule has 0 radical (unpaired) electrons. The van der Waals surface area contributed by atoms with Crippen LogP contribution in [0.5, 0.6) is 0 Å². The second-order valence-electron chi connectivity index (χ2n) is 3.78. The molecule has 9 heteroatoms. The number of nitrogen functional groups attached to an aromatic ring is 1. The van der Waals surface area contributed by atoms with Gasteiger partial charge in [0.2, 0.25) is 0 Å². The predicted molar refractivity (Wildman–Crippen MR) is 65.0 cm³/mol. The van der Waals surface area contributed by atoms with Gasteiger partial charge in [-0.05, 0) is 12.5 Å². The summed E-state index contributed by atoms with van der Waals surface area (Å²) in [6, 6.07) is 1.47. The average molecular weight is 277 g/mol. The summed E-state index contributed by atoms with van der Waals surface area (Å²) < 4.78 is 17.0. The van der Waals surface area contributed by atoms with Crippen LogP contribution in [0.15, 0.2) is 17.1 Å². The van der Waals surface area contributed by atoms with Crippen LogP contribution >= 0.6 is 7.60 Å². The number of nitrogens with two attached hydrogens (primary N) is 1. The van der Waals surface area contributed by atoms with Crippen molar-refractivity contribution in [3.63, 3.8) is 0 Å². The Kier molecular flexibility index (Phi) is 5.03. The quantitative estimate of drug-likeness (QED) is 0.612. The topological polar surface area (TPSA) is 128 Å². The number of aromatic nitrogens is 2. The van der Waals surface area contributed by atoms with Crippen molar-refractivity contribution in [2.24, 2.45) is 0 Å². The van der Waals surface area contributed by atoms with Gasteiger partial charge < -0.3 is 20.3 Å². The second-order valence-corrected chi connectivity index (χ2v) is 5.37. The maximum Gasteiger partial charge on any atom is 0.350 e. The van der Waals surface area contributed by atoms with E-state index in [2.05, 4.69) is 4.98 Å². The van der Waals surface area contributed by atoms with E-state index in [1.165, 1.54) is 16.8 Å². The third kappa shape index (κ3) is 4.97. The smallest absolute Gasteiger partial charge is 0.350 e. The molecular weight excluding hydrogens is 261 g/mol. The highest BCUT2D eigenvalue weighted by atomic mass is 31.2. The van der Waals surface area contributed by atoms with Crippen molar-refractivity contribution in [3.8, 4) is 0 Å². The summed E-state index contributed by atoms with van der Waals surface area (Å²) in [4.78, 5) is 32.4. The number of nitrogens with zero attached hydrogens (tertiary/aromatic N) is 2. The standard InChI is InChI=1S/C9H16N3O5P/c1-2-7(17-6-18(14,15)16)5-12-4-3-8(10)11-9(12)13/h3-4,7H,2,5-6H2,1H3,(H2,10,11,13)(H2,14,15,16). The number of hydrogen-bond donors (Lipinski definition) is 3. The van der Waals surface area contributed by atoms with Crippen LogP contribution in [-0.2, 0) is 15.8 Å². The van der Waals surface area contributed by atoms with Crippen LogP contribution in [0.2, 0.25) is 0 Å². The van der Waals surface area contributed by atoms with Gasteiger partial charge in [-0.15, -0.1) is 0 Å². The van der Waals surface area contributed by atoms with E-state index in [1.807, 2.05) is 0 Å². The van der Waals surface area contributed by atoms with E-state index in [1.54, 1.807) is 6.92 Å². The van der Waals surface area contributed by atoms with Crippen molar-refractivity contribution in [1.82, 2.24) is 9.55 Å². The Morgan fingerprint density at radius 3 is 2.78 bits per heavy atom. The Bertz CT molecular complexity index is 497. The van der Waals surface area contributed by atoms with Crippen molar-refractivity contribution >= 4 is 13.4 Å². The molecule has 1 atom stereocenters. The van der Waals surface area contributed by atoms with Gasteiger partial charge in [-0.25, -0.2) is 4.79 Å². The van der Waals surface area contributed by atoms with Crippen molar-refractivity contribution in [1.29, 1.82) is 0 Å². The maximum atomic E-state index is 11.5. The average Bonchev–Trinajstić information content (AvgIpc) is 2.25. The zero-order valence-electron chi connectivity index (χ0n) is 9.89. The van der Waals surface area contributed by atoms with E-state index in [0.29, 0.717) is 6.42 Å². The fraction of sp³-hybridized carbons (Fsp3) is 0.556. The fourth-order valence-electron chi connectivity index (χ4n) is 1.30. The third-order valence-corrected chi connectivity index (χ3v) is 2.72. The molecule has 0 spiro atoms. The normalized spacial score (nSPS) is 13.5. The highest BCUT2D eigenvalue weighted by molar-refractivity contribution is 7.51. The summed E-state index contributed by atoms with van der Waals surface area (Å²) in [5, 5.41) is 0. The van der Waals surface area contributed by atoms with Crippen LogP contribution in [-0.4, -0.2) is 31.8 Å². The number of hydrogen-bond acceptors (Lipinski definition) is 5. The van der Waals surface area contributed by atoms with Gasteiger partial charge in [0, 0.05) is 6.20 Å². The van der Waals surface area contributed by atoms with Crippen molar-refractivity contribution in [2.75, 3.05) is 12.1 Å². The summed E-state index contributed by atoms with van der Waals surface area (Å²) >= 11 is 0. The molecule has 0 aliphatic carbocycles. The lowest BCUT2D eigenvalue weighted by molar-refractivity contribution is 0.0586. The first-order valence-electron chi connectivity index (χ1n) is 5.31. The van der Waals surface area contributed by atoms with E-state index < -0.39 is 25.7 Å². The minimum Gasteiger partial charge on any atom is -0.383 e. The molecule has 0 aliphatic heterocycles. The Morgan fingerprint density at radius 2 is 2.28 bits per heavy atom. The zero-order valence-corrected chi connectivity index (χ0v) is 10.8. The van der Waals surface area contributed by atoms with Crippen molar-refractivity contribution in [2.45, 2.75) is 26.0 Å². The molecule has 0 fully saturated rings. The first-order valence-corrected chi connectivity index (χ1v) is 7.10. The third-order valence-electron chi connectivity index (χ3n) is 2.23. The Hall–Kier alpha value is -1.21. The largest absolute Gasteiger partial charge is 0.383 e. The molecule has 1 unspecified atom stereocenters. The van der Waals surface area contributed by atoms with Gasteiger partial charge in [-0.3, -0.25) is 9.13 Å². The fourth-order valence-corrected chi connectivity index (χ4v) is 1.71. The van der Waals surface area contributed by atoms with E-state index in [-0.39, 0.29) is 12.4 Å². The molecule has 0 aromatic carbocycles. The van der Waals surface area contributed by atoms with Crippen LogP contribution in [0.3, 0.4) is 0 Å². The van der Waals surface area contributed by atoms with E-state index in [9.17, 15) is 9.36 Å². The summed E-state index contributed by atoms with van der Waals surface area (Å²) in [6.45, 7) is 1.96. The van der Waals surface area contributed by atoms with Gasteiger partial charge in [0.25, 0.3) is 0 Å². The first-order chi connectivity index (χ1) is 8.31. The van der Waals surface area contributed by atoms with Gasteiger partial charge in [-0.1, -0.05) is 6.92 Å². The second kappa shape index (κ2) is 6.10. The molecule has 1 rings (SSSR count). The lowest BCUT2D eigenvalue weighted by Gasteiger charge is -2.17. The highest BCUT2D eigenvalue weighted by Crippen LogP contribution is 2.34. The number of ether oxygens (including phenoxy) is 1. The molecule has 0 bridgehead atoms. The Morgan fingerprint density at radius 1 is 1.61 bits per heavy atom. The predicted octanol–water partition coefficient (Wildman–Crippen LogP) is -0.244. The molecule has 0 saturated carbocycles. The molecule has 0 amide bonds. The van der Waals surface area contributed by atoms with Crippen molar-refractivity contribution in [3.05, 3.63) is 22.7 Å². The summed E-state index contributed by atoms with van der Waals surface area (Å²) in [5.74, 6) is 0.125. The molecule has 1 aromatic heterocycles. The summed E-state index contributed by atoms with van der Waals surface area (Å²) in [7, 11) is -4.20. The number of rotatable bonds is 6. The minimum absolute atomic E-state index is 0.125. The number of anilines is 1. The van der Waals surface area contributed by atoms with E-state index in [0.717, 1.165) is 0 Å². The zero-order chi connectivity index (χ0) is 13.8.